The van der Waals surface area contributed by atoms with Gasteiger partial charge in [-0.25, -0.2) is 8.78 Å². The molecule has 0 heterocycles. The van der Waals surface area contributed by atoms with Crippen molar-refractivity contribution in [2.75, 3.05) is 11.9 Å². The van der Waals surface area contributed by atoms with E-state index >= 15 is 0 Å². The first kappa shape index (κ1) is 20.6. The van der Waals surface area contributed by atoms with Crippen molar-refractivity contribution in [3.8, 4) is 0 Å². The van der Waals surface area contributed by atoms with Crippen LogP contribution in [0.1, 0.15) is 49.0 Å². The molecule has 0 bridgehead atoms. The third kappa shape index (κ3) is 6.16. The molecule has 0 aromatic heterocycles. The number of hydrogen-bond donors (Lipinski definition) is 1. The highest BCUT2D eigenvalue weighted by Crippen LogP contribution is 2.19. The van der Waals surface area contributed by atoms with Gasteiger partial charge in [-0.2, -0.15) is 0 Å². The minimum Gasteiger partial charge on any atom is -0.334 e. The second-order valence-corrected chi connectivity index (χ2v) is 6.44. The highest BCUT2D eigenvalue weighted by atomic mass is 19.1. The number of carbonyl (C=O) groups is 2. The maximum absolute atomic E-state index is 14.3. The van der Waals surface area contributed by atoms with E-state index in [0.29, 0.717) is 12.2 Å². The van der Waals surface area contributed by atoms with Crippen LogP contribution in [0.15, 0.2) is 42.5 Å². The van der Waals surface area contributed by atoms with E-state index in [1.807, 2.05) is 0 Å². The molecule has 0 aliphatic rings. The average Bonchev–Trinajstić information content (AvgIpc) is 2.63. The first-order valence-electron chi connectivity index (χ1n) is 9.01. The zero-order valence-electron chi connectivity index (χ0n) is 15.6. The molecular formula is C21H24F2N2O2. The maximum atomic E-state index is 14.3. The first-order valence-corrected chi connectivity index (χ1v) is 9.01. The van der Waals surface area contributed by atoms with Crippen molar-refractivity contribution in [1.82, 2.24) is 4.90 Å². The summed E-state index contributed by atoms with van der Waals surface area (Å²) in [4.78, 5) is 25.7. The molecular weight excluding hydrogens is 350 g/mol. The SMILES string of the molecule is CCCCCN(Cc1ccc(F)cc1)C(=O)c1cc(NC(C)=O)ccc1F. The van der Waals surface area contributed by atoms with E-state index in [-0.39, 0.29) is 23.8 Å². The molecule has 0 aliphatic heterocycles. The van der Waals surface area contributed by atoms with E-state index in [2.05, 4.69) is 12.2 Å². The first-order chi connectivity index (χ1) is 12.9. The molecule has 2 aromatic rings. The Hall–Kier alpha value is -2.76. The molecule has 0 saturated carbocycles. The lowest BCUT2D eigenvalue weighted by Crippen LogP contribution is -2.32. The number of halogens is 2. The number of amides is 2. The molecule has 2 rings (SSSR count). The van der Waals surface area contributed by atoms with Crippen molar-refractivity contribution >= 4 is 17.5 Å². The summed E-state index contributed by atoms with van der Waals surface area (Å²) < 4.78 is 27.4. The van der Waals surface area contributed by atoms with Crippen LogP contribution in [0.2, 0.25) is 0 Å². The quantitative estimate of drug-likeness (QED) is 0.678. The molecule has 6 heteroatoms. The molecule has 0 atom stereocenters. The Morgan fingerprint density at radius 1 is 1.04 bits per heavy atom. The normalized spacial score (nSPS) is 10.5. The third-order valence-corrected chi connectivity index (χ3v) is 4.12. The maximum Gasteiger partial charge on any atom is 0.257 e. The van der Waals surface area contributed by atoms with Crippen LogP contribution < -0.4 is 5.32 Å². The summed E-state index contributed by atoms with van der Waals surface area (Å²) in [7, 11) is 0. The lowest BCUT2D eigenvalue weighted by Gasteiger charge is -2.23. The van der Waals surface area contributed by atoms with Crippen molar-refractivity contribution in [3.05, 3.63) is 65.2 Å². The van der Waals surface area contributed by atoms with Gasteiger partial charge in [-0.3, -0.25) is 9.59 Å². The largest absolute Gasteiger partial charge is 0.334 e. The molecule has 1 N–H and O–H groups in total. The number of nitrogens with one attached hydrogen (secondary N) is 1. The Labute approximate surface area is 158 Å². The standard InChI is InChI=1S/C21H24F2N2O2/c1-3-4-5-12-25(14-16-6-8-17(22)9-7-16)21(27)19-13-18(24-15(2)26)10-11-20(19)23/h6-11,13H,3-5,12,14H2,1-2H3,(H,24,26). The van der Waals surface area contributed by atoms with Crippen LogP contribution in [-0.2, 0) is 11.3 Å². The van der Waals surface area contributed by atoms with Crippen LogP contribution in [-0.4, -0.2) is 23.3 Å². The average molecular weight is 374 g/mol. The molecule has 0 saturated heterocycles. The van der Waals surface area contributed by atoms with Crippen LogP contribution in [0.25, 0.3) is 0 Å². The van der Waals surface area contributed by atoms with E-state index < -0.39 is 11.7 Å². The summed E-state index contributed by atoms with van der Waals surface area (Å²) in [6.07, 6.45) is 2.73. The number of hydrogen-bond acceptors (Lipinski definition) is 2. The smallest absolute Gasteiger partial charge is 0.257 e. The van der Waals surface area contributed by atoms with Gasteiger partial charge in [-0.1, -0.05) is 31.9 Å². The fourth-order valence-electron chi connectivity index (χ4n) is 2.76. The molecule has 0 unspecified atom stereocenters. The predicted molar refractivity (Wildman–Crippen MR) is 101 cm³/mol. The van der Waals surface area contributed by atoms with Crippen molar-refractivity contribution in [2.45, 2.75) is 39.7 Å². The van der Waals surface area contributed by atoms with E-state index in [4.69, 9.17) is 0 Å². The fraction of sp³-hybridized carbons (Fsp3) is 0.333. The van der Waals surface area contributed by atoms with Crippen molar-refractivity contribution in [1.29, 1.82) is 0 Å². The van der Waals surface area contributed by atoms with E-state index in [0.717, 1.165) is 24.8 Å². The number of benzene rings is 2. The lowest BCUT2D eigenvalue weighted by molar-refractivity contribution is -0.114. The molecule has 2 aromatic carbocycles. The highest BCUT2D eigenvalue weighted by Gasteiger charge is 2.20. The molecule has 0 radical (unpaired) electrons. The van der Waals surface area contributed by atoms with Crippen molar-refractivity contribution in [3.63, 3.8) is 0 Å². The zero-order valence-corrected chi connectivity index (χ0v) is 15.6. The van der Waals surface area contributed by atoms with Crippen LogP contribution in [0.4, 0.5) is 14.5 Å². The van der Waals surface area contributed by atoms with E-state index in [1.165, 1.54) is 37.3 Å². The van der Waals surface area contributed by atoms with Crippen LogP contribution in [0.3, 0.4) is 0 Å². The number of carbonyl (C=O) groups excluding carboxylic acids is 2. The molecule has 0 spiro atoms. The predicted octanol–water partition coefficient (Wildman–Crippen LogP) is 4.76. The fourth-order valence-corrected chi connectivity index (χ4v) is 2.76. The molecule has 144 valence electrons. The summed E-state index contributed by atoms with van der Waals surface area (Å²) in [5.74, 6) is -1.75. The number of anilines is 1. The Kier molecular flexibility index (Phi) is 7.46. The summed E-state index contributed by atoms with van der Waals surface area (Å²) in [5.41, 5.74) is 1.03. The van der Waals surface area contributed by atoms with Gasteiger partial charge < -0.3 is 10.2 Å². The van der Waals surface area contributed by atoms with Gasteiger partial charge in [-0.05, 0) is 42.3 Å². The van der Waals surface area contributed by atoms with Gasteiger partial charge >= 0.3 is 0 Å². The molecule has 0 fully saturated rings. The third-order valence-electron chi connectivity index (χ3n) is 4.12. The summed E-state index contributed by atoms with van der Waals surface area (Å²) in [6.45, 7) is 4.12. The second kappa shape index (κ2) is 9.80. The van der Waals surface area contributed by atoms with Crippen LogP contribution >= 0.6 is 0 Å². The molecule has 2 amide bonds. The Balaban J connectivity index is 2.26. The Bertz CT molecular complexity index is 791. The van der Waals surface area contributed by atoms with Gasteiger partial charge in [0.05, 0.1) is 5.56 Å². The van der Waals surface area contributed by atoms with E-state index in [9.17, 15) is 18.4 Å². The van der Waals surface area contributed by atoms with Gasteiger partial charge in [0.25, 0.3) is 5.91 Å². The summed E-state index contributed by atoms with van der Waals surface area (Å²) >= 11 is 0. The number of nitrogens with zero attached hydrogens (tertiary/aromatic N) is 1. The minimum atomic E-state index is -0.645. The van der Waals surface area contributed by atoms with Gasteiger partial charge in [0.15, 0.2) is 0 Å². The van der Waals surface area contributed by atoms with Crippen molar-refractivity contribution < 1.29 is 18.4 Å². The Morgan fingerprint density at radius 2 is 1.74 bits per heavy atom. The monoisotopic (exact) mass is 374 g/mol. The zero-order chi connectivity index (χ0) is 19.8. The van der Waals surface area contributed by atoms with E-state index in [1.54, 1.807) is 17.0 Å². The van der Waals surface area contributed by atoms with Gasteiger partial charge in [0.1, 0.15) is 11.6 Å². The minimum absolute atomic E-state index is 0.0974. The lowest BCUT2D eigenvalue weighted by atomic mass is 10.1. The topological polar surface area (TPSA) is 49.4 Å². The second-order valence-electron chi connectivity index (χ2n) is 6.44. The number of unbranched alkanes of at least 4 members (excludes halogenated alkanes) is 2. The summed E-state index contributed by atoms with van der Waals surface area (Å²) in [5, 5.41) is 2.56. The molecule has 0 aliphatic carbocycles. The highest BCUT2D eigenvalue weighted by molar-refractivity contribution is 5.97. The van der Waals surface area contributed by atoms with Crippen molar-refractivity contribution in [2.24, 2.45) is 0 Å². The molecule has 27 heavy (non-hydrogen) atoms. The van der Waals surface area contributed by atoms with Gasteiger partial charge in [0.2, 0.25) is 5.91 Å². The summed E-state index contributed by atoms with van der Waals surface area (Å²) in [6, 6.07) is 9.81. The van der Waals surface area contributed by atoms with Crippen LogP contribution in [0, 0.1) is 11.6 Å². The van der Waals surface area contributed by atoms with Crippen LogP contribution in [0.5, 0.6) is 0 Å². The molecule has 4 nitrogen and oxygen atoms in total. The number of rotatable bonds is 8. The van der Waals surface area contributed by atoms with Gasteiger partial charge in [-0.15, -0.1) is 0 Å². The Morgan fingerprint density at radius 3 is 2.37 bits per heavy atom. The van der Waals surface area contributed by atoms with Gasteiger partial charge in [0, 0.05) is 25.7 Å².